The average molecular weight is 413 g/mol. The number of amides is 1. The summed E-state index contributed by atoms with van der Waals surface area (Å²) in [5, 5.41) is 17.1. The van der Waals surface area contributed by atoms with E-state index >= 15 is 0 Å². The summed E-state index contributed by atoms with van der Waals surface area (Å²) in [6, 6.07) is 6.19. The third-order valence-corrected chi connectivity index (χ3v) is 5.66. The van der Waals surface area contributed by atoms with Crippen LogP contribution >= 0.6 is 11.3 Å². The first kappa shape index (κ1) is 19.8. The minimum atomic E-state index is -0.830. The molecule has 2 aromatic heterocycles. The minimum absolute atomic E-state index is 0.163. The Kier molecular flexibility index (Phi) is 5.49. The lowest BCUT2D eigenvalue weighted by Gasteiger charge is -2.29. The van der Waals surface area contributed by atoms with Crippen LogP contribution in [0.25, 0.3) is 21.3 Å². The van der Waals surface area contributed by atoms with Crippen molar-refractivity contribution in [3.63, 3.8) is 0 Å². The van der Waals surface area contributed by atoms with Crippen LogP contribution in [0.1, 0.15) is 30.6 Å². The summed E-state index contributed by atoms with van der Waals surface area (Å²) in [5.41, 5.74) is 4.07. The van der Waals surface area contributed by atoms with Crippen molar-refractivity contribution in [1.82, 2.24) is 15.3 Å². The van der Waals surface area contributed by atoms with Gasteiger partial charge in [0.2, 0.25) is 0 Å². The molecule has 0 unspecified atom stereocenters. The number of aromatic nitrogens is 2. The molecular formula is C21H24N4O3S. The summed E-state index contributed by atoms with van der Waals surface area (Å²) >= 11 is 1.57. The molecule has 3 heterocycles. The Morgan fingerprint density at radius 2 is 2.17 bits per heavy atom. The van der Waals surface area contributed by atoms with Crippen molar-refractivity contribution in [3.05, 3.63) is 41.7 Å². The number of carbonyl (C=O) groups is 1. The van der Waals surface area contributed by atoms with E-state index in [1.807, 2.05) is 24.4 Å². The maximum absolute atomic E-state index is 12.9. The van der Waals surface area contributed by atoms with E-state index in [0.717, 1.165) is 27.0 Å². The molecule has 1 aromatic carbocycles. The number of anilines is 1. The fourth-order valence-electron chi connectivity index (χ4n) is 3.13. The molecule has 3 N–H and O–H groups in total. The van der Waals surface area contributed by atoms with Crippen LogP contribution in [0.5, 0.6) is 0 Å². The van der Waals surface area contributed by atoms with Gasteiger partial charge in [-0.2, -0.15) is 0 Å². The summed E-state index contributed by atoms with van der Waals surface area (Å²) in [7, 11) is 0. The van der Waals surface area contributed by atoms with Crippen molar-refractivity contribution in [2.24, 2.45) is 0 Å². The Hall–Kier alpha value is -2.55. The molecule has 1 amide bonds. The van der Waals surface area contributed by atoms with E-state index in [-0.39, 0.29) is 11.9 Å². The number of hydrogen-bond acceptors (Lipinski definition) is 7. The predicted molar refractivity (Wildman–Crippen MR) is 114 cm³/mol. The fourth-order valence-corrected chi connectivity index (χ4v) is 3.75. The molecule has 1 aliphatic heterocycles. The molecule has 8 heteroatoms. The molecule has 0 bridgehead atoms. The van der Waals surface area contributed by atoms with Gasteiger partial charge in [0.05, 0.1) is 52.0 Å². The maximum Gasteiger partial charge on any atom is 0.254 e. The van der Waals surface area contributed by atoms with Crippen molar-refractivity contribution < 1.29 is 14.6 Å². The normalized spacial score (nSPS) is 14.6. The first-order valence-corrected chi connectivity index (χ1v) is 10.5. The SMILES string of the molecule is CC(C)(O)CCNC(=O)c1cnc2ccc(-c3cncs3)cc2c1NC1COC1. The lowest BCUT2D eigenvalue weighted by molar-refractivity contribution is 0.0211. The van der Waals surface area contributed by atoms with Gasteiger partial charge in [0.15, 0.2) is 0 Å². The van der Waals surface area contributed by atoms with Crippen LogP contribution in [-0.2, 0) is 4.74 Å². The fraction of sp³-hybridized carbons (Fsp3) is 0.381. The summed E-state index contributed by atoms with van der Waals surface area (Å²) in [6.45, 7) is 5.05. The number of nitrogens with one attached hydrogen (secondary N) is 2. The molecule has 4 rings (SSSR count). The Morgan fingerprint density at radius 3 is 2.83 bits per heavy atom. The number of carbonyl (C=O) groups excluding carboxylic acids is 1. The van der Waals surface area contributed by atoms with Crippen molar-refractivity contribution >= 4 is 33.8 Å². The zero-order valence-corrected chi connectivity index (χ0v) is 17.3. The zero-order valence-electron chi connectivity index (χ0n) is 16.4. The number of benzene rings is 1. The Morgan fingerprint density at radius 1 is 1.34 bits per heavy atom. The molecule has 0 spiro atoms. The lowest BCUT2D eigenvalue weighted by Crippen LogP contribution is -2.41. The molecule has 0 saturated carbocycles. The van der Waals surface area contributed by atoms with Crippen LogP contribution in [0.15, 0.2) is 36.1 Å². The highest BCUT2D eigenvalue weighted by molar-refractivity contribution is 7.13. The molecule has 0 radical (unpaired) electrons. The number of pyridine rings is 1. The van der Waals surface area contributed by atoms with Gasteiger partial charge >= 0.3 is 0 Å². The standard InChI is InChI=1S/C21H24N4O3S/c1-21(2,27)5-6-23-20(26)16-8-24-17-4-3-13(18-9-22-12-29-18)7-15(17)19(16)25-14-10-28-11-14/h3-4,7-9,12,14,27H,5-6,10-11H2,1-2H3,(H,23,26)(H,24,25). The van der Waals surface area contributed by atoms with E-state index in [2.05, 4.69) is 20.6 Å². The van der Waals surface area contributed by atoms with Crippen LogP contribution in [0.2, 0.25) is 0 Å². The van der Waals surface area contributed by atoms with E-state index in [0.29, 0.717) is 31.7 Å². The average Bonchev–Trinajstić information content (AvgIpc) is 3.17. The Balaban J connectivity index is 1.70. The van der Waals surface area contributed by atoms with Crippen LogP contribution in [0.3, 0.4) is 0 Å². The Labute approximate surface area is 173 Å². The maximum atomic E-state index is 12.9. The smallest absolute Gasteiger partial charge is 0.254 e. The van der Waals surface area contributed by atoms with Crippen LogP contribution < -0.4 is 10.6 Å². The molecule has 7 nitrogen and oxygen atoms in total. The van der Waals surface area contributed by atoms with Gasteiger partial charge in [0.25, 0.3) is 5.91 Å². The van der Waals surface area contributed by atoms with E-state index in [9.17, 15) is 9.90 Å². The van der Waals surface area contributed by atoms with E-state index in [1.165, 1.54) is 0 Å². The Bertz CT molecular complexity index is 1010. The quantitative estimate of drug-likeness (QED) is 0.552. The second kappa shape index (κ2) is 8.06. The van der Waals surface area contributed by atoms with Crippen molar-refractivity contribution in [3.8, 4) is 10.4 Å². The molecule has 0 aliphatic carbocycles. The van der Waals surface area contributed by atoms with Gasteiger partial charge in [-0.3, -0.25) is 14.8 Å². The zero-order chi connectivity index (χ0) is 20.4. The molecule has 3 aromatic rings. The van der Waals surface area contributed by atoms with Gasteiger partial charge < -0.3 is 20.5 Å². The van der Waals surface area contributed by atoms with E-state index in [4.69, 9.17) is 4.74 Å². The van der Waals surface area contributed by atoms with Crippen LogP contribution in [0, 0.1) is 0 Å². The second-order valence-corrected chi connectivity index (χ2v) is 8.73. The first-order valence-electron chi connectivity index (χ1n) is 9.57. The first-order chi connectivity index (χ1) is 13.9. The summed E-state index contributed by atoms with van der Waals surface area (Å²) in [6.07, 6.45) is 3.91. The molecule has 29 heavy (non-hydrogen) atoms. The highest BCUT2D eigenvalue weighted by atomic mass is 32.1. The number of fused-ring (bicyclic) bond motifs is 1. The van der Waals surface area contributed by atoms with Crippen LogP contribution in [0.4, 0.5) is 5.69 Å². The van der Waals surface area contributed by atoms with Gasteiger partial charge in [-0.1, -0.05) is 6.07 Å². The summed E-state index contributed by atoms with van der Waals surface area (Å²) < 4.78 is 5.29. The van der Waals surface area contributed by atoms with Gasteiger partial charge in [0.1, 0.15) is 0 Å². The number of hydrogen-bond donors (Lipinski definition) is 3. The molecular weight excluding hydrogens is 388 g/mol. The molecule has 1 fully saturated rings. The van der Waals surface area contributed by atoms with Crippen LogP contribution in [-0.4, -0.2) is 52.4 Å². The predicted octanol–water partition coefficient (Wildman–Crippen LogP) is 3.06. The number of rotatable bonds is 7. The third-order valence-electron chi connectivity index (χ3n) is 4.84. The number of thiazole rings is 1. The van der Waals surface area contributed by atoms with Gasteiger partial charge in [0, 0.05) is 24.3 Å². The van der Waals surface area contributed by atoms with Crippen molar-refractivity contribution in [1.29, 1.82) is 0 Å². The van der Waals surface area contributed by atoms with Gasteiger partial charge in [-0.25, -0.2) is 0 Å². The third kappa shape index (κ3) is 4.55. The highest BCUT2D eigenvalue weighted by Gasteiger charge is 2.23. The number of aliphatic hydroxyl groups is 1. The van der Waals surface area contributed by atoms with Crippen molar-refractivity contribution in [2.45, 2.75) is 31.9 Å². The summed E-state index contributed by atoms with van der Waals surface area (Å²) in [5.74, 6) is -0.213. The number of ether oxygens (including phenoxy) is 1. The number of nitrogens with zero attached hydrogens (tertiary/aromatic N) is 2. The highest BCUT2D eigenvalue weighted by Crippen LogP contribution is 2.32. The minimum Gasteiger partial charge on any atom is -0.390 e. The molecule has 1 aliphatic rings. The lowest BCUT2D eigenvalue weighted by atomic mass is 10.0. The van der Waals surface area contributed by atoms with E-state index in [1.54, 1.807) is 36.9 Å². The molecule has 0 atom stereocenters. The topological polar surface area (TPSA) is 96.4 Å². The summed E-state index contributed by atoms with van der Waals surface area (Å²) in [4.78, 5) is 22.6. The largest absolute Gasteiger partial charge is 0.390 e. The van der Waals surface area contributed by atoms with Gasteiger partial charge in [-0.15, -0.1) is 11.3 Å². The van der Waals surface area contributed by atoms with Crippen molar-refractivity contribution in [2.75, 3.05) is 25.1 Å². The molecule has 152 valence electrons. The second-order valence-electron chi connectivity index (χ2n) is 7.84. The molecule has 1 saturated heterocycles. The van der Waals surface area contributed by atoms with Gasteiger partial charge in [-0.05, 0) is 38.0 Å². The van der Waals surface area contributed by atoms with E-state index < -0.39 is 5.60 Å². The monoisotopic (exact) mass is 412 g/mol.